The maximum atomic E-state index is 13.2. The first kappa shape index (κ1) is 23.0. The molecule has 0 unspecified atom stereocenters. The molecule has 2 aromatic carbocycles. The number of aromatic nitrogens is 1. The Hall–Kier alpha value is -3.15. The number of rotatable bonds is 5. The van der Waals surface area contributed by atoms with Gasteiger partial charge in [0.25, 0.3) is 0 Å². The van der Waals surface area contributed by atoms with E-state index < -0.39 is 12.1 Å². The number of aromatic amines is 1. The fraction of sp³-hybridized carbons (Fsp3) is 0.192. The Kier molecular flexibility index (Phi) is 6.82. The number of nitrogens with one attached hydrogen (secondary N) is 1. The average molecular weight is 483 g/mol. The number of methoxy groups -OCH3 is 1. The molecule has 170 valence electrons. The van der Waals surface area contributed by atoms with E-state index in [0.29, 0.717) is 34.5 Å². The number of nitrogens with zero attached hydrogens (tertiary/aromatic N) is 1. The van der Waals surface area contributed by atoms with Crippen molar-refractivity contribution in [3.05, 3.63) is 99.9 Å². The molecule has 1 aromatic heterocycles. The van der Waals surface area contributed by atoms with Gasteiger partial charge in [-0.25, -0.2) is 4.79 Å². The normalized spacial score (nSPS) is 16.2. The Morgan fingerprint density at radius 2 is 1.88 bits per heavy atom. The summed E-state index contributed by atoms with van der Waals surface area (Å²) in [5, 5.41) is 2.29. The maximum absolute atomic E-state index is 13.2. The lowest BCUT2D eigenvalue weighted by molar-refractivity contribution is 0.135. The van der Waals surface area contributed by atoms with Crippen LogP contribution in [0.1, 0.15) is 24.2 Å². The van der Waals surface area contributed by atoms with E-state index >= 15 is 0 Å². The first-order chi connectivity index (χ1) is 15.9. The van der Waals surface area contributed by atoms with E-state index in [2.05, 4.69) is 11.6 Å². The van der Waals surface area contributed by atoms with Crippen molar-refractivity contribution in [3.63, 3.8) is 0 Å². The quantitative estimate of drug-likeness (QED) is 0.308. The van der Waals surface area contributed by atoms with Crippen molar-refractivity contribution < 1.29 is 14.3 Å². The highest BCUT2D eigenvalue weighted by molar-refractivity contribution is 6.31. The Labute approximate surface area is 202 Å². The summed E-state index contributed by atoms with van der Waals surface area (Å²) in [5.41, 5.74) is 3.71. The van der Waals surface area contributed by atoms with Crippen LogP contribution in [0.4, 0.5) is 4.79 Å². The molecule has 1 aliphatic rings. The third-order valence-corrected chi connectivity index (χ3v) is 6.16. The predicted octanol–water partition coefficient (Wildman–Crippen LogP) is 7.24. The monoisotopic (exact) mass is 482 g/mol. The van der Waals surface area contributed by atoms with Gasteiger partial charge in [0, 0.05) is 33.2 Å². The minimum atomic E-state index is -0.461. The summed E-state index contributed by atoms with van der Waals surface area (Å²) < 4.78 is 11.0. The Bertz CT molecular complexity index is 1260. The van der Waals surface area contributed by atoms with Crippen LogP contribution in [0, 0.1) is 0 Å². The molecule has 0 aliphatic carbocycles. The summed E-state index contributed by atoms with van der Waals surface area (Å²) in [6.07, 6.45) is 5.75. The van der Waals surface area contributed by atoms with Gasteiger partial charge < -0.3 is 14.5 Å². The van der Waals surface area contributed by atoms with Crippen LogP contribution < -0.4 is 4.74 Å². The largest absolute Gasteiger partial charge is 0.497 e. The zero-order valence-corrected chi connectivity index (χ0v) is 19.9. The lowest BCUT2D eigenvalue weighted by atomic mass is 9.93. The number of amides is 1. The molecule has 0 fully saturated rings. The molecule has 7 heteroatoms. The number of benzene rings is 2. The molecule has 0 bridgehead atoms. The lowest BCUT2D eigenvalue weighted by Gasteiger charge is -2.35. The Morgan fingerprint density at radius 1 is 1.15 bits per heavy atom. The van der Waals surface area contributed by atoms with E-state index in [4.69, 9.17) is 32.7 Å². The zero-order valence-electron chi connectivity index (χ0n) is 18.4. The van der Waals surface area contributed by atoms with E-state index in [0.717, 1.165) is 27.7 Å². The predicted molar refractivity (Wildman–Crippen MR) is 133 cm³/mol. The summed E-state index contributed by atoms with van der Waals surface area (Å²) in [6.45, 7) is 6.63. The van der Waals surface area contributed by atoms with Crippen LogP contribution in [0.3, 0.4) is 0 Å². The molecule has 1 amide bonds. The van der Waals surface area contributed by atoms with Crippen molar-refractivity contribution >= 4 is 40.2 Å². The number of hydrogen-bond donors (Lipinski definition) is 1. The molecule has 3 aromatic rings. The van der Waals surface area contributed by atoms with E-state index in [1.165, 1.54) is 0 Å². The van der Waals surface area contributed by atoms with Crippen LogP contribution in [0.25, 0.3) is 10.9 Å². The molecule has 33 heavy (non-hydrogen) atoms. The number of allylic oxidation sites excluding steroid dienone is 2. The molecule has 0 radical (unpaired) electrons. The van der Waals surface area contributed by atoms with Crippen LogP contribution in [0.2, 0.25) is 10.0 Å². The number of ether oxygens (including phenoxy) is 2. The average Bonchev–Trinajstić information content (AvgIpc) is 3.18. The van der Waals surface area contributed by atoms with Crippen LogP contribution in [-0.2, 0) is 11.2 Å². The van der Waals surface area contributed by atoms with Gasteiger partial charge in [-0.15, -0.1) is 0 Å². The molecule has 1 N–H and O–H groups in total. The number of hydrogen-bond acceptors (Lipinski definition) is 3. The molecule has 1 atom stereocenters. The highest BCUT2D eigenvalue weighted by Crippen LogP contribution is 2.39. The SMILES string of the molecule is C=C(/C=C\C(=C/C)OC)[C@H]1c2[nH]c3ccc(Cl)cc3c2CCN1C(=O)Oc1ccc(Cl)cc1. The number of halogens is 2. The van der Waals surface area contributed by atoms with Crippen molar-refractivity contribution in [2.45, 2.75) is 19.4 Å². The zero-order chi connectivity index (χ0) is 23.5. The second-order valence-corrected chi connectivity index (χ2v) is 8.55. The fourth-order valence-corrected chi connectivity index (χ4v) is 4.37. The highest BCUT2D eigenvalue weighted by atomic mass is 35.5. The molecule has 2 heterocycles. The smallest absolute Gasteiger partial charge is 0.416 e. The van der Waals surface area contributed by atoms with Crippen molar-refractivity contribution in [1.29, 1.82) is 0 Å². The van der Waals surface area contributed by atoms with E-state index in [1.54, 1.807) is 36.3 Å². The third-order valence-electron chi connectivity index (χ3n) is 5.68. The second kappa shape index (κ2) is 9.77. The first-order valence-electron chi connectivity index (χ1n) is 10.5. The summed E-state index contributed by atoms with van der Waals surface area (Å²) >= 11 is 12.2. The van der Waals surface area contributed by atoms with E-state index in [-0.39, 0.29) is 0 Å². The van der Waals surface area contributed by atoms with Crippen LogP contribution in [0.15, 0.2) is 78.6 Å². The van der Waals surface area contributed by atoms with Crippen molar-refractivity contribution in [2.24, 2.45) is 0 Å². The van der Waals surface area contributed by atoms with Crippen LogP contribution in [0.5, 0.6) is 5.75 Å². The van der Waals surface area contributed by atoms with Gasteiger partial charge in [-0.05, 0) is 79.1 Å². The van der Waals surface area contributed by atoms with Crippen LogP contribution >= 0.6 is 23.2 Å². The maximum Gasteiger partial charge on any atom is 0.416 e. The Balaban J connectivity index is 1.72. The number of H-pyrrole nitrogens is 1. The number of carbonyl (C=O) groups is 1. The number of fused-ring (bicyclic) bond motifs is 3. The van der Waals surface area contributed by atoms with E-state index in [1.807, 2.05) is 43.4 Å². The van der Waals surface area contributed by atoms with Gasteiger partial charge in [-0.1, -0.05) is 35.9 Å². The van der Waals surface area contributed by atoms with Gasteiger partial charge in [0.15, 0.2) is 0 Å². The summed E-state index contributed by atoms with van der Waals surface area (Å²) in [5.74, 6) is 1.13. The Morgan fingerprint density at radius 3 is 2.58 bits per heavy atom. The molecule has 0 saturated heterocycles. The molecular formula is C26H24Cl2N2O3. The molecule has 0 saturated carbocycles. The third kappa shape index (κ3) is 4.80. The standard InChI is InChI=1S/C26H24Cl2N2O3/c1-4-19(32-3)9-5-16(2)25-24-21(22-15-18(28)8-12-23(22)29-24)13-14-30(25)26(31)33-20-10-6-17(27)7-11-20/h4-12,15,25,29H,2,13-14H2,1,3H3/b9-5-,19-4+/t25-/m0/s1. The van der Waals surface area contributed by atoms with Crippen LogP contribution in [-0.4, -0.2) is 29.6 Å². The highest BCUT2D eigenvalue weighted by Gasteiger charge is 2.35. The second-order valence-electron chi connectivity index (χ2n) is 7.68. The van der Waals surface area contributed by atoms with Gasteiger partial charge in [0.05, 0.1) is 7.11 Å². The summed E-state index contributed by atoms with van der Waals surface area (Å²) in [7, 11) is 1.61. The lowest BCUT2D eigenvalue weighted by Crippen LogP contribution is -2.42. The van der Waals surface area contributed by atoms with Crippen molar-refractivity contribution in [2.75, 3.05) is 13.7 Å². The molecular weight excluding hydrogens is 459 g/mol. The fourth-order valence-electron chi connectivity index (χ4n) is 4.07. The molecule has 0 spiro atoms. The van der Waals surface area contributed by atoms with Gasteiger partial charge in [0.1, 0.15) is 17.6 Å². The van der Waals surface area contributed by atoms with Gasteiger partial charge in [0.2, 0.25) is 0 Å². The van der Waals surface area contributed by atoms with Crippen molar-refractivity contribution in [3.8, 4) is 5.75 Å². The number of carbonyl (C=O) groups excluding carboxylic acids is 1. The van der Waals surface area contributed by atoms with Crippen molar-refractivity contribution in [1.82, 2.24) is 9.88 Å². The van der Waals surface area contributed by atoms with Gasteiger partial charge >= 0.3 is 6.09 Å². The first-order valence-corrected chi connectivity index (χ1v) is 11.3. The van der Waals surface area contributed by atoms with E-state index in [9.17, 15) is 4.79 Å². The topological polar surface area (TPSA) is 54.6 Å². The molecule has 5 nitrogen and oxygen atoms in total. The van der Waals surface area contributed by atoms with Gasteiger partial charge in [-0.3, -0.25) is 4.90 Å². The minimum absolute atomic E-state index is 0.425. The summed E-state index contributed by atoms with van der Waals surface area (Å²) in [4.78, 5) is 18.4. The molecule has 4 rings (SSSR count). The minimum Gasteiger partial charge on any atom is -0.497 e. The van der Waals surface area contributed by atoms with Gasteiger partial charge in [-0.2, -0.15) is 0 Å². The molecule has 1 aliphatic heterocycles. The summed E-state index contributed by atoms with van der Waals surface area (Å²) in [6, 6.07) is 12.0.